The maximum atomic E-state index is 11.2. The number of carbonyl (C=O) groups is 2. The van der Waals surface area contributed by atoms with Crippen LogP contribution in [0.2, 0.25) is 0 Å². The van der Waals surface area contributed by atoms with Gasteiger partial charge >= 0.3 is 0 Å². The number of nitrogens with one attached hydrogen (secondary N) is 1. The van der Waals surface area contributed by atoms with Crippen LogP contribution in [0.5, 0.6) is 0 Å². The number of hydrogen-bond donors (Lipinski definition) is 8. The Morgan fingerprint density at radius 2 is 1.81 bits per heavy atom. The first kappa shape index (κ1) is 23.8. The molecule has 1 aliphatic rings. The highest BCUT2D eigenvalue weighted by molar-refractivity contribution is 5.77. The maximum absolute atomic E-state index is 11.2. The van der Waals surface area contributed by atoms with Gasteiger partial charge in [-0.1, -0.05) is 0 Å². The Balaban J connectivity index is 2.91. The SMILES string of the molecule is CC(=O)N[C@@H](C=O)[C@@H](OO[C@@H]1O[C@H](CO)[C@H](O)[C@H](O)[C@H]1O)[C@H](O)[C@H](O)CO. The van der Waals surface area contributed by atoms with Gasteiger partial charge in [-0.3, -0.25) is 4.79 Å². The quantitative estimate of drug-likeness (QED) is 0.0980. The lowest BCUT2D eigenvalue weighted by Crippen LogP contribution is -2.60. The fourth-order valence-corrected chi connectivity index (χ4v) is 2.35. The molecule has 8 N–H and O–H groups in total. The zero-order valence-corrected chi connectivity index (χ0v) is 14.4. The molecule has 1 heterocycles. The molecule has 0 aromatic heterocycles. The van der Waals surface area contributed by atoms with E-state index in [9.17, 15) is 35.1 Å². The third-order valence-corrected chi connectivity index (χ3v) is 3.90. The number of ether oxygens (including phenoxy) is 1. The van der Waals surface area contributed by atoms with Gasteiger partial charge in [0.25, 0.3) is 0 Å². The first-order valence-corrected chi connectivity index (χ1v) is 7.99. The highest BCUT2D eigenvalue weighted by atomic mass is 17.2. The second-order valence-corrected chi connectivity index (χ2v) is 5.96. The van der Waals surface area contributed by atoms with E-state index >= 15 is 0 Å². The molecule has 1 rings (SSSR count). The van der Waals surface area contributed by atoms with E-state index in [1.165, 1.54) is 0 Å². The lowest BCUT2D eigenvalue weighted by molar-refractivity contribution is -0.447. The van der Waals surface area contributed by atoms with E-state index in [1.54, 1.807) is 0 Å². The third-order valence-electron chi connectivity index (χ3n) is 3.90. The minimum atomic E-state index is -1.91. The summed E-state index contributed by atoms with van der Waals surface area (Å²) in [5.74, 6) is -0.681. The van der Waals surface area contributed by atoms with Crippen molar-refractivity contribution in [2.24, 2.45) is 0 Å². The minimum Gasteiger partial charge on any atom is -0.394 e. The molecule has 1 amide bonds. The number of aliphatic hydroxyl groups excluding tert-OH is 7. The highest BCUT2D eigenvalue weighted by Gasteiger charge is 2.46. The topological polar surface area (TPSA) is 215 Å². The summed E-state index contributed by atoms with van der Waals surface area (Å²) in [6, 6.07) is -1.52. The molecule has 0 aromatic carbocycles. The number of rotatable bonds is 10. The van der Waals surface area contributed by atoms with Crippen LogP contribution in [0.25, 0.3) is 0 Å². The van der Waals surface area contributed by atoms with E-state index in [0.29, 0.717) is 0 Å². The normalized spacial score (nSPS) is 33.0. The molecule has 0 unspecified atom stereocenters. The highest BCUT2D eigenvalue weighted by Crippen LogP contribution is 2.23. The number of amides is 1. The van der Waals surface area contributed by atoms with Crippen molar-refractivity contribution in [3.05, 3.63) is 0 Å². The summed E-state index contributed by atoms with van der Waals surface area (Å²) in [6.07, 6.45) is -13.6. The molecule has 158 valence electrons. The van der Waals surface area contributed by atoms with E-state index < -0.39 is 74.2 Å². The summed E-state index contributed by atoms with van der Waals surface area (Å²) < 4.78 is 5.02. The summed E-state index contributed by atoms with van der Waals surface area (Å²) >= 11 is 0. The van der Waals surface area contributed by atoms with Gasteiger partial charge < -0.3 is 50.6 Å². The fourth-order valence-electron chi connectivity index (χ4n) is 2.35. The molecule has 1 aliphatic heterocycles. The van der Waals surface area contributed by atoms with E-state index in [1.807, 2.05) is 0 Å². The van der Waals surface area contributed by atoms with E-state index in [4.69, 9.17) is 24.7 Å². The Kier molecular flexibility index (Phi) is 9.61. The Morgan fingerprint density at radius 1 is 1.19 bits per heavy atom. The Labute approximate surface area is 153 Å². The molecule has 27 heavy (non-hydrogen) atoms. The molecule has 13 heteroatoms. The van der Waals surface area contributed by atoms with Crippen LogP contribution >= 0.6 is 0 Å². The van der Waals surface area contributed by atoms with Crippen molar-refractivity contribution < 1.29 is 59.8 Å². The van der Waals surface area contributed by atoms with E-state index in [2.05, 4.69) is 5.32 Å². The minimum absolute atomic E-state index is 0.177. The number of aliphatic hydroxyl groups is 7. The smallest absolute Gasteiger partial charge is 0.220 e. The second-order valence-electron chi connectivity index (χ2n) is 5.96. The van der Waals surface area contributed by atoms with Gasteiger partial charge in [-0.25, -0.2) is 9.78 Å². The van der Waals surface area contributed by atoms with Gasteiger partial charge in [0.15, 0.2) is 0 Å². The van der Waals surface area contributed by atoms with Crippen molar-refractivity contribution >= 4 is 12.2 Å². The summed E-state index contributed by atoms with van der Waals surface area (Å²) in [5, 5.41) is 69.0. The molecule has 9 atom stereocenters. The molecule has 0 spiro atoms. The monoisotopic (exact) mass is 399 g/mol. The first-order valence-electron chi connectivity index (χ1n) is 7.99. The molecular formula is C14H25NO12. The van der Waals surface area contributed by atoms with E-state index in [-0.39, 0.29) is 6.29 Å². The second kappa shape index (κ2) is 10.9. The Bertz CT molecular complexity index is 477. The number of carbonyl (C=O) groups excluding carboxylic acids is 2. The van der Waals surface area contributed by atoms with Crippen LogP contribution in [-0.4, -0.2) is 116 Å². The van der Waals surface area contributed by atoms with Gasteiger partial charge in [-0.05, 0) is 0 Å². The molecule has 13 nitrogen and oxygen atoms in total. The molecule has 0 aromatic rings. The summed E-state index contributed by atoms with van der Waals surface area (Å²) in [6.45, 7) is -0.573. The van der Waals surface area contributed by atoms with Crippen LogP contribution in [0, 0.1) is 0 Å². The Morgan fingerprint density at radius 3 is 2.30 bits per heavy atom. The van der Waals surface area contributed by atoms with Crippen molar-refractivity contribution in [3.63, 3.8) is 0 Å². The molecule has 0 saturated carbocycles. The lowest BCUT2D eigenvalue weighted by Gasteiger charge is -2.39. The maximum Gasteiger partial charge on any atom is 0.220 e. The van der Waals surface area contributed by atoms with Gasteiger partial charge in [0.1, 0.15) is 55.1 Å². The molecule has 0 bridgehead atoms. The predicted molar refractivity (Wildman–Crippen MR) is 82.5 cm³/mol. The van der Waals surface area contributed by atoms with Crippen molar-refractivity contribution in [1.82, 2.24) is 5.32 Å². The molecule has 0 radical (unpaired) electrons. The van der Waals surface area contributed by atoms with Crippen LogP contribution in [0.15, 0.2) is 0 Å². The number of aldehydes is 1. The third kappa shape index (κ3) is 6.11. The van der Waals surface area contributed by atoms with Crippen LogP contribution in [-0.2, 0) is 24.1 Å². The van der Waals surface area contributed by atoms with Crippen LogP contribution < -0.4 is 5.32 Å². The van der Waals surface area contributed by atoms with Crippen molar-refractivity contribution in [2.45, 2.75) is 62.0 Å². The lowest BCUT2D eigenvalue weighted by atomic mass is 9.99. The van der Waals surface area contributed by atoms with Gasteiger partial charge in [-0.15, -0.1) is 0 Å². The first-order chi connectivity index (χ1) is 12.7. The predicted octanol–water partition coefficient (Wildman–Crippen LogP) is -5.48. The zero-order chi connectivity index (χ0) is 20.7. The molecule has 0 aliphatic carbocycles. The van der Waals surface area contributed by atoms with Gasteiger partial charge in [-0.2, -0.15) is 0 Å². The Hall–Kier alpha value is -1.26. The largest absolute Gasteiger partial charge is 0.394 e. The van der Waals surface area contributed by atoms with Gasteiger partial charge in [0, 0.05) is 6.92 Å². The van der Waals surface area contributed by atoms with Crippen molar-refractivity contribution in [1.29, 1.82) is 0 Å². The van der Waals surface area contributed by atoms with Gasteiger partial charge in [0.2, 0.25) is 12.2 Å². The van der Waals surface area contributed by atoms with Gasteiger partial charge in [0.05, 0.1) is 13.2 Å². The molecule has 1 saturated heterocycles. The molecule has 1 fully saturated rings. The average Bonchev–Trinajstić information content (AvgIpc) is 2.65. The standard InChI is InChI=1S/C14H25NO12/c1-5(19)15-6(2-16)13(9(21)7(20)3-17)26-27-14-12(24)11(23)10(22)8(4-18)25-14/h2,6-14,17-18,20-24H,3-4H2,1H3,(H,15,19)/t6-,7+,8+,9+,10-,11-,12+,13+,14-/m0/s1. The average molecular weight is 399 g/mol. The summed E-state index contributed by atoms with van der Waals surface area (Å²) in [5.41, 5.74) is 0. The van der Waals surface area contributed by atoms with Crippen molar-refractivity contribution in [3.8, 4) is 0 Å². The van der Waals surface area contributed by atoms with Crippen LogP contribution in [0.3, 0.4) is 0 Å². The van der Waals surface area contributed by atoms with Crippen LogP contribution in [0.1, 0.15) is 6.92 Å². The fraction of sp³-hybridized carbons (Fsp3) is 0.857. The van der Waals surface area contributed by atoms with Crippen LogP contribution in [0.4, 0.5) is 0 Å². The van der Waals surface area contributed by atoms with E-state index in [0.717, 1.165) is 6.92 Å². The summed E-state index contributed by atoms with van der Waals surface area (Å²) in [7, 11) is 0. The van der Waals surface area contributed by atoms with Crippen molar-refractivity contribution in [2.75, 3.05) is 13.2 Å². The molecular weight excluding hydrogens is 374 g/mol. The number of hydrogen-bond acceptors (Lipinski definition) is 12. The summed E-state index contributed by atoms with van der Waals surface area (Å²) in [4.78, 5) is 32.0. The zero-order valence-electron chi connectivity index (χ0n) is 14.4.